The largest absolute Gasteiger partial charge is 0.463 e. The number of carbonyl (C=O) groups excluding carboxylic acids is 3. The molecule has 10 nitrogen and oxygen atoms in total. The first-order chi connectivity index (χ1) is 14.5. The summed E-state index contributed by atoms with van der Waals surface area (Å²) >= 11 is 6.26. The topological polar surface area (TPSA) is 134 Å². The van der Waals surface area contributed by atoms with Crippen LogP contribution in [0.1, 0.15) is 26.3 Å². The Morgan fingerprint density at radius 2 is 1.58 bits per heavy atom. The smallest absolute Gasteiger partial charge is 0.303 e. The lowest BCUT2D eigenvalue weighted by molar-refractivity contribution is -0.211. The molecular formula is C19H24ClNO9S. The highest BCUT2D eigenvalue weighted by Gasteiger charge is 2.51. The summed E-state index contributed by atoms with van der Waals surface area (Å²) in [7, 11) is -3.96. The third-order valence-electron chi connectivity index (χ3n) is 4.20. The van der Waals surface area contributed by atoms with Crippen molar-refractivity contribution in [2.75, 3.05) is 6.61 Å². The molecule has 0 unspecified atom stereocenters. The van der Waals surface area contributed by atoms with Crippen LogP contribution in [0.5, 0.6) is 0 Å². The summed E-state index contributed by atoms with van der Waals surface area (Å²) in [4.78, 5) is 34.5. The Bertz CT molecular complexity index is 893. The minimum atomic E-state index is -3.96. The predicted octanol–water partition coefficient (Wildman–Crippen LogP) is 0.865. The molecule has 1 aliphatic rings. The fourth-order valence-electron chi connectivity index (χ4n) is 3.06. The molecule has 31 heavy (non-hydrogen) atoms. The maximum absolute atomic E-state index is 12.7. The van der Waals surface area contributed by atoms with Crippen LogP contribution < -0.4 is 4.72 Å². The Morgan fingerprint density at radius 3 is 2.13 bits per heavy atom. The van der Waals surface area contributed by atoms with E-state index in [9.17, 15) is 22.8 Å². The SMILES string of the molecule is CC(=O)OC[C@H]1O[C@@H](Cl)[C@@H](NS(=O)(=O)Cc2ccccc2)[C@@H](OC(C)=O)[C@H]1OC(C)=O. The molecule has 1 fully saturated rings. The predicted molar refractivity (Wildman–Crippen MR) is 108 cm³/mol. The summed E-state index contributed by atoms with van der Waals surface area (Å²) in [5.74, 6) is -2.48. The van der Waals surface area contributed by atoms with Gasteiger partial charge in [0, 0.05) is 20.8 Å². The van der Waals surface area contributed by atoms with Gasteiger partial charge < -0.3 is 18.9 Å². The zero-order chi connectivity index (χ0) is 23.2. The lowest BCUT2D eigenvalue weighted by Gasteiger charge is -2.43. The second kappa shape index (κ2) is 10.9. The second-order valence-corrected chi connectivity index (χ2v) is 9.05. The van der Waals surface area contributed by atoms with Gasteiger partial charge in [-0.15, -0.1) is 0 Å². The lowest BCUT2D eigenvalue weighted by Crippen LogP contribution is -2.65. The molecule has 0 spiro atoms. The molecule has 172 valence electrons. The van der Waals surface area contributed by atoms with E-state index < -0.39 is 57.8 Å². The van der Waals surface area contributed by atoms with Crippen molar-refractivity contribution in [3.05, 3.63) is 35.9 Å². The number of ether oxygens (including phenoxy) is 4. The minimum absolute atomic E-state index is 0.349. The van der Waals surface area contributed by atoms with Crippen molar-refractivity contribution < 1.29 is 41.7 Å². The average Bonchev–Trinajstić information content (AvgIpc) is 2.65. The first-order valence-corrected chi connectivity index (χ1v) is 11.4. The van der Waals surface area contributed by atoms with Crippen LogP contribution in [0.4, 0.5) is 0 Å². The number of esters is 3. The molecular weight excluding hydrogens is 454 g/mol. The Morgan fingerprint density at radius 1 is 1.00 bits per heavy atom. The third-order valence-corrected chi connectivity index (χ3v) is 5.92. The van der Waals surface area contributed by atoms with Crippen molar-refractivity contribution in [1.29, 1.82) is 0 Å². The maximum Gasteiger partial charge on any atom is 0.303 e. The molecule has 0 amide bonds. The Kier molecular flexibility index (Phi) is 8.80. The fourth-order valence-corrected chi connectivity index (χ4v) is 4.86. The molecule has 0 radical (unpaired) electrons. The number of hydrogen-bond donors (Lipinski definition) is 1. The third kappa shape index (κ3) is 7.76. The molecule has 0 bridgehead atoms. The van der Waals surface area contributed by atoms with E-state index in [1.54, 1.807) is 30.3 Å². The van der Waals surface area contributed by atoms with Gasteiger partial charge in [0.2, 0.25) is 10.0 Å². The normalized spacial score (nSPS) is 26.0. The van der Waals surface area contributed by atoms with E-state index in [4.69, 9.17) is 30.5 Å². The molecule has 12 heteroatoms. The molecule has 0 saturated carbocycles. The van der Waals surface area contributed by atoms with Gasteiger partial charge in [0.1, 0.15) is 18.8 Å². The highest BCUT2D eigenvalue weighted by molar-refractivity contribution is 7.88. The van der Waals surface area contributed by atoms with Crippen LogP contribution in [0.15, 0.2) is 30.3 Å². The van der Waals surface area contributed by atoms with Gasteiger partial charge in [-0.2, -0.15) is 0 Å². The number of rotatable bonds is 8. The summed E-state index contributed by atoms with van der Waals surface area (Å²) < 4.78 is 48.8. The number of nitrogens with one attached hydrogen (secondary N) is 1. The Hall–Kier alpha value is -2.21. The number of alkyl halides is 1. The molecule has 1 N–H and O–H groups in total. The van der Waals surface area contributed by atoms with Crippen LogP contribution in [-0.2, 0) is 49.1 Å². The molecule has 1 heterocycles. The summed E-state index contributed by atoms with van der Waals surface area (Å²) in [6.07, 6.45) is -3.70. The molecule has 0 aromatic heterocycles. The number of sulfonamides is 1. The van der Waals surface area contributed by atoms with Crippen LogP contribution in [0, 0.1) is 0 Å². The monoisotopic (exact) mass is 477 g/mol. The van der Waals surface area contributed by atoms with Gasteiger partial charge in [-0.05, 0) is 5.56 Å². The van der Waals surface area contributed by atoms with Gasteiger partial charge in [-0.3, -0.25) is 14.4 Å². The summed E-state index contributed by atoms with van der Waals surface area (Å²) in [5.41, 5.74) is -0.798. The lowest BCUT2D eigenvalue weighted by atomic mass is 9.98. The molecule has 2 rings (SSSR count). The van der Waals surface area contributed by atoms with Crippen molar-refractivity contribution in [3.63, 3.8) is 0 Å². The molecule has 0 aliphatic carbocycles. The number of benzene rings is 1. The van der Waals surface area contributed by atoms with E-state index in [0.29, 0.717) is 5.56 Å². The summed E-state index contributed by atoms with van der Waals surface area (Å²) in [6.45, 7) is 3.05. The standard InChI is InChI=1S/C19H24ClNO9S/c1-11(22)27-9-15-17(28-12(2)23)18(29-13(3)24)16(19(20)30-15)21-31(25,26)10-14-7-5-4-6-8-14/h4-8,15-19,21H,9-10H2,1-3H3/t15-,16+,17+,18-,19-/m1/s1. The van der Waals surface area contributed by atoms with Crippen molar-refractivity contribution in [2.24, 2.45) is 0 Å². The average molecular weight is 478 g/mol. The van der Waals surface area contributed by atoms with Gasteiger partial charge in [0.15, 0.2) is 17.8 Å². The molecule has 1 aromatic rings. The van der Waals surface area contributed by atoms with Gasteiger partial charge in [0.05, 0.1) is 5.75 Å². The van der Waals surface area contributed by atoms with E-state index in [1.807, 2.05) is 0 Å². The van der Waals surface area contributed by atoms with Crippen LogP contribution in [-0.4, -0.2) is 62.8 Å². The zero-order valence-electron chi connectivity index (χ0n) is 17.1. The highest BCUT2D eigenvalue weighted by Crippen LogP contribution is 2.29. The van der Waals surface area contributed by atoms with E-state index in [2.05, 4.69) is 4.72 Å². The van der Waals surface area contributed by atoms with Gasteiger partial charge in [-0.25, -0.2) is 13.1 Å². The molecule has 1 aromatic carbocycles. The maximum atomic E-state index is 12.7. The summed E-state index contributed by atoms with van der Waals surface area (Å²) in [6, 6.07) is 7.12. The first-order valence-electron chi connectivity index (χ1n) is 9.30. The zero-order valence-corrected chi connectivity index (χ0v) is 18.7. The van der Waals surface area contributed by atoms with Gasteiger partial charge in [0.25, 0.3) is 0 Å². The molecule has 1 aliphatic heterocycles. The van der Waals surface area contributed by atoms with E-state index in [1.165, 1.54) is 6.92 Å². The minimum Gasteiger partial charge on any atom is -0.463 e. The summed E-state index contributed by atoms with van der Waals surface area (Å²) in [5, 5.41) is 0. The molecule has 5 atom stereocenters. The fraction of sp³-hybridized carbons (Fsp3) is 0.526. The van der Waals surface area contributed by atoms with E-state index in [0.717, 1.165) is 13.8 Å². The van der Waals surface area contributed by atoms with Gasteiger partial charge in [-0.1, -0.05) is 41.9 Å². The van der Waals surface area contributed by atoms with Crippen LogP contribution in [0.25, 0.3) is 0 Å². The van der Waals surface area contributed by atoms with Crippen molar-refractivity contribution in [1.82, 2.24) is 4.72 Å². The van der Waals surface area contributed by atoms with E-state index >= 15 is 0 Å². The Labute approximate surface area is 185 Å². The van der Waals surface area contributed by atoms with Crippen molar-refractivity contribution in [2.45, 2.75) is 56.4 Å². The second-order valence-electron chi connectivity index (χ2n) is 6.86. The Balaban J connectivity index is 2.31. The molecule has 1 saturated heterocycles. The number of hydrogen-bond acceptors (Lipinski definition) is 9. The van der Waals surface area contributed by atoms with E-state index in [-0.39, 0.29) is 12.4 Å². The number of carbonyl (C=O) groups is 3. The van der Waals surface area contributed by atoms with Crippen molar-refractivity contribution in [3.8, 4) is 0 Å². The quantitative estimate of drug-likeness (QED) is 0.328. The van der Waals surface area contributed by atoms with Crippen molar-refractivity contribution >= 4 is 39.5 Å². The van der Waals surface area contributed by atoms with Crippen LogP contribution >= 0.6 is 11.6 Å². The highest BCUT2D eigenvalue weighted by atomic mass is 35.5. The first kappa shape index (κ1) is 25.1. The van der Waals surface area contributed by atoms with Crippen LogP contribution in [0.2, 0.25) is 0 Å². The number of halogens is 1. The van der Waals surface area contributed by atoms with Gasteiger partial charge >= 0.3 is 17.9 Å². The van der Waals surface area contributed by atoms with Crippen LogP contribution in [0.3, 0.4) is 0 Å².